The number of halogens is 1. The van der Waals surface area contributed by atoms with E-state index in [1.807, 2.05) is 0 Å². The molecule has 0 fully saturated rings. The molecular weight excluding hydrogens is 249 g/mol. The molecule has 0 amide bonds. The van der Waals surface area contributed by atoms with Gasteiger partial charge in [0.15, 0.2) is 0 Å². The second-order valence-corrected chi connectivity index (χ2v) is 3.20. The lowest BCUT2D eigenvalue weighted by Gasteiger charge is -2.03. The molecule has 60 valence electrons. The molecule has 0 atom stereocenters. The summed E-state index contributed by atoms with van der Waals surface area (Å²) in [6.07, 6.45) is 0.999. The van der Waals surface area contributed by atoms with Crippen LogP contribution in [-0.4, -0.2) is 6.54 Å². The van der Waals surface area contributed by atoms with Gasteiger partial charge < -0.3 is 5.73 Å². The molecule has 2 heteroatoms. The summed E-state index contributed by atoms with van der Waals surface area (Å²) in [6.45, 7) is 0.744. The van der Waals surface area contributed by atoms with E-state index in [-0.39, 0.29) is 0 Å². The van der Waals surface area contributed by atoms with Crippen molar-refractivity contribution in [3.8, 4) is 0 Å². The molecule has 0 aromatic heterocycles. The Labute approximate surface area is 81.1 Å². The largest absolute Gasteiger partial charge is 0.330 e. The third-order valence-electron chi connectivity index (χ3n) is 1.68. The fraction of sp³-hybridized carbons (Fsp3) is 0.333. The number of hydrogen-bond donors (Lipinski definition) is 1. The number of nitrogens with two attached hydrogens (primary N) is 1. The predicted molar refractivity (Wildman–Crippen MR) is 56.9 cm³/mol. The molecule has 0 unspecified atom stereocenters. The smallest absolute Gasteiger partial charge is 0.0249 e. The van der Waals surface area contributed by atoms with Crippen LogP contribution >= 0.6 is 22.6 Å². The van der Waals surface area contributed by atoms with Crippen LogP contribution in [0.5, 0.6) is 0 Å². The maximum absolute atomic E-state index is 5.48. The highest BCUT2D eigenvalue weighted by Crippen LogP contribution is 2.12. The molecule has 0 saturated heterocycles. The van der Waals surface area contributed by atoms with E-state index in [1.165, 1.54) is 11.1 Å². The Balaban J connectivity index is 2.83. The van der Waals surface area contributed by atoms with Crippen molar-refractivity contribution in [3.05, 3.63) is 35.4 Å². The van der Waals surface area contributed by atoms with Crippen LogP contribution in [0, 0.1) is 0 Å². The molecule has 1 aromatic rings. The molecule has 0 aliphatic heterocycles. The number of alkyl halides is 1. The lowest BCUT2D eigenvalue weighted by atomic mass is 10.1. The van der Waals surface area contributed by atoms with Gasteiger partial charge in [-0.2, -0.15) is 0 Å². The molecular formula is C9H12IN. The summed E-state index contributed by atoms with van der Waals surface area (Å²) in [7, 11) is 0. The first-order chi connectivity index (χ1) is 5.38. The van der Waals surface area contributed by atoms with Gasteiger partial charge in [-0.15, -0.1) is 0 Å². The quantitative estimate of drug-likeness (QED) is 0.654. The van der Waals surface area contributed by atoms with Gasteiger partial charge in [0, 0.05) is 4.43 Å². The van der Waals surface area contributed by atoms with Crippen LogP contribution in [0.3, 0.4) is 0 Å². The number of benzene rings is 1. The van der Waals surface area contributed by atoms with E-state index in [1.54, 1.807) is 0 Å². The third-order valence-corrected chi connectivity index (χ3v) is 2.50. The summed E-state index contributed by atoms with van der Waals surface area (Å²) in [6, 6.07) is 8.47. The van der Waals surface area contributed by atoms with E-state index < -0.39 is 0 Å². The highest BCUT2D eigenvalue weighted by atomic mass is 127. The molecule has 0 bridgehead atoms. The minimum absolute atomic E-state index is 0.744. The van der Waals surface area contributed by atoms with Gasteiger partial charge in [-0.05, 0) is 24.1 Å². The molecule has 0 aliphatic rings. The van der Waals surface area contributed by atoms with Crippen LogP contribution in [0.15, 0.2) is 24.3 Å². The Morgan fingerprint density at radius 3 is 2.36 bits per heavy atom. The van der Waals surface area contributed by atoms with Crippen LogP contribution in [0.1, 0.15) is 11.1 Å². The van der Waals surface area contributed by atoms with Crippen molar-refractivity contribution >= 4 is 22.6 Å². The monoisotopic (exact) mass is 261 g/mol. The van der Waals surface area contributed by atoms with Gasteiger partial charge >= 0.3 is 0 Å². The van der Waals surface area contributed by atoms with Gasteiger partial charge in [-0.25, -0.2) is 0 Å². The Hall–Kier alpha value is -0.0900. The Kier molecular flexibility index (Phi) is 3.86. The molecule has 1 nitrogen and oxygen atoms in total. The SMILES string of the molecule is NCCc1ccccc1CI. The average Bonchev–Trinajstić information content (AvgIpc) is 2.06. The normalized spacial score (nSPS) is 10.0. The van der Waals surface area contributed by atoms with Crippen molar-refractivity contribution in [2.75, 3.05) is 6.54 Å². The zero-order chi connectivity index (χ0) is 8.10. The van der Waals surface area contributed by atoms with Gasteiger partial charge in [0.25, 0.3) is 0 Å². The molecule has 0 saturated carbocycles. The van der Waals surface area contributed by atoms with Gasteiger partial charge in [0.1, 0.15) is 0 Å². The molecule has 0 radical (unpaired) electrons. The van der Waals surface area contributed by atoms with Crippen molar-refractivity contribution in [2.45, 2.75) is 10.8 Å². The molecule has 0 heterocycles. The van der Waals surface area contributed by atoms with Crippen molar-refractivity contribution in [3.63, 3.8) is 0 Å². The summed E-state index contributed by atoms with van der Waals surface area (Å²) >= 11 is 2.38. The van der Waals surface area contributed by atoms with E-state index in [9.17, 15) is 0 Å². The predicted octanol–water partition coefficient (Wildman–Crippen LogP) is 2.12. The molecule has 0 aliphatic carbocycles. The van der Waals surface area contributed by atoms with Gasteiger partial charge in [-0.3, -0.25) is 0 Å². The standard InChI is InChI=1S/C9H12IN/c10-7-9-4-2-1-3-8(9)5-6-11/h1-4H,5-7,11H2. The average molecular weight is 261 g/mol. The van der Waals surface area contributed by atoms with E-state index in [0.29, 0.717) is 0 Å². The van der Waals surface area contributed by atoms with Crippen molar-refractivity contribution in [1.29, 1.82) is 0 Å². The van der Waals surface area contributed by atoms with Crippen LogP contribution < -0.4 is 5.73 Å². The fourth-order valence-corrected chi connectivity index (χ4v) is 1.83. The lowest BCUT2D eigenvalue weighted by molar-refractivity contribution is 0.957. The highest BCUT2D eigenvalue weighted by molar-refractivity contribution is 14.1. The minimum atomic E-state index is 0.744. The fourth-order valence-electron chi connectivity index (χ4n) is 1.09. The van der Waals surface area contributed by atoms with Crippen molar-refractivity contribution in [1.82, 2.24) is 0 Å². The first kappa shape index (κ1) is 9.00. The summed E-state index contributed by atoms with van der Waals surface area (Å²) in [5, 5.41) is 0. The highest BCUT2D eigenvalue weighted by Gasteiger charge is 1.97. The lowest BCUT2D eigenvalue weighted by Crippen LogP contribution is -2.04. The summed E-state index contributed by atoms with van der Waals surface area (Å²) in [5.41, 5.74) is 8.29. The summed E-state index contributed by atoms with van der Waals surface area (Å²) < 4.78 is 1.08. The Bertz CT molecular complexity index is 223. The van der Waals surface area contributed by atoms with Crippen LogP contribution in [0.2, 0.25) is 0 Å². The van der Waals surface area contributed by atoms with E-state index >= 15 is 0 Å². The van der Waals surface area contributed by atoms with E-state index in [4.69, 9.17) is 5.73 Å². The minimum Gasteiger partial charge on any atom is -0.330 e. The maximum atomic E-state index is 5.48. The summed E-state index contributed by atoms with van der Waals surface area (Å²) in [5.74, 6) is 0. The van der Waals surface area contributed by atoms with Crippen molar-refractivity contribution in [2.24, 2.45) is 5.73 Å². The van der Waals surface area contributed by atoms with E-state index in [2.05, 4.69) is 46.9 Å². The molecule has 1 rings (SSSR count). The second kappa shape index (κ2) is 4.72. The van der Waals surface area contributed by atoms with Gasteiger partial charge in [0.05, 0.1) is 0 Å². The Morgan fingerprint density at radius 2 is 1.82 bits per heavy atom. The maximum Gasteiger partial charge on any atom is 0.0249 e. The number of rotatable bonds is 3. The zero-order valence-electron chi connectivity index (χ0n) is 6.39. The zero-order valence-corrected chi connectivity index (χ0v) is 8.54. The van der Waals surface area contributed by atoms with Crippen LogP contribution in [-0.2, 0) is 10.8 Å². The summed E-state index contributed by atoms with van der Waals surface area (Å²) in [4.78, 5) is 0. The first-order valence-electron chi connectivity index (χ1n) is 3.71. The third kappa shape index (κ3) is 2.45. The topological polar surface area (TPSA) is 26.0 Å². The second-order valence-electron chi connectivity index (χ2n) is 2.44. The van der Waals surface area contributed by atoms with Gasteiger partial charge in [0.2, 0.25) is 0 Å². The molecule has 11 heavy (non-hydrogen) atoms. The molecule has 2 N–H and O–H groups in total. The van der Waals surface area contributed by atoms with Gasteiger partial charge in [-0.1, -0.05) is 46.9 Å². The number of hydrogen-bond acceptors (Lipinski definition) is 1. The van der Waals surface area contributed by atoms with E-state index in [0.717, 1.165) is 17.4 Å². The van der Waals surface area contributed by atoms with Crippen molar-refractivity contribution < 1.29 is 0 Å². The first-order valence-corrected chi connectivity index (χ1v) is 5.24. The van der Waals surface area contributed by atoms with Crippen LogP contribution in [0.25, 0.3) is 0 Å². The van der Waals surface area contributed by atoms with Crippen LogP contribution in [0.4, 0.5) is 0 Å². The Morgan fingerprint density at radius 1 is 1.18 bits per heavy atom. The molecule has 1 aromatic carbocycles. The molecule has 0 spiro atoms.